The average molecular weight is 441 g/mol. The number of aromatic nitrogens is 2. The predicted molar refractivity (Wildman–Crippen MR) is 126 cm³/mol. The molecule has 7 nitrogen and oxygen atoms in total. The summed E-state index contributed by atoms with van der Waals surface area (Å²) >= 11 is 0. The molecule has 4 rings (SSSR count). The van der Waals surface area contributed by atoms with Crippen LogP contribution in [0.15, 0.2) is 91.3 Å². The van der Waals surface area contributed by atoms with Crippen LogP contribution in [0.2, 0.25) is 0 Å². The largest absolute Gasteiger partial charge is 0.381 e. The van der Waals surface area contributed by atoms with Crippen LogP contribution in [-0.4, -0.2) is 39.0 Å². The van der Waals surface area contributed by atoms with Gasteiger partial charge in [0.2, 0.25) is 5.91 Å². The average Bonchev–Trinajstić information content (AvgIpc) is 3.34. The maximum Gasteiger partial charge on any atom is 0.253 e. The monoisotopic (exact) mass is 440 g/mol. The number of primary amides is 1. The third kappa shape index (κ3) is 5.16. The van der Waals surface area contributed by atoms with Crippen LogP contribution >= 0.6 is 0 Å². The smallest absolute Gasteiger partial charge is 0.253 e. The molecule has 33 heavy (non-hydrogen) atoms. The van der Waals surface area contributed by atoms with Gasteiger partial charge < -0.3 is 21.1 Å². The van der Waals surface area contributed by atoms with Gasteiger partial charge >= 0.3 is 0 Å². The summed E-state index contributed by atoms with van der Waals surface area (Å²) in [6.45, 7) is 0. The molecule has 2 heterocycles. The first-order chi connectivity index (χ1) is 16.0. The van der Waals surface area contributed by atoms with E-state index in [9.17, 15) is 14.7 Å². The van der Waals surface area contributed by atoms with E-state index in [1.54, 1.807) is 24.5 Å². The minimum absolute atomic E-state index is 0.245. The third-order valence-electron chi connectivity index (χ3n) is 5.38. The second-order valence-corrected chi connectivity index (χ2v) is 7.68. The summed E-state index contributed by atoms with van der Waals surface area (Å²) in [5.74, 6) is -1.36. The minimum atomic E-state index is -1.54. The van der Waals surface area contributed by atoms with Crippen molar-refractivity contribution in [1.82, 2.24) is 15.3 Å². The van der Waals surface area contributed by atoms with Gasteiger partial charge in [0, 0.05) is 23.7 Å². The molecule has 166 valence electrons. The van der Waals surface area contributed by atoms with Crippen molar-refractivity contribution in [2.75, 3.05) is 0 Å². The van der Waals surface area contributed by atoms with Crippen molar-refractivity contribution >= 4 is 11.8 Å². The van der Waals surface area contributed by atoms with E-state index in [-0.39, 0.29) is 6.42 Å². The van der Waals surface area contributed by atoms with E-state index >= 15 is 0 Å². The summed E-state index contributed by atoms with van der Waals surface area (Å²) in [6, 6.07) is 23.4. The van der Waals surface area contributed by atoms with Crippen LogP contribution in [0.25, 0.3) is 22.5 Å². The predicted octanol–water partition coefficient (Wildman–Crippen LogP) is 2.93. The Morgan fingerprint density at radius 3 is 2.36 bits per heavy atom. The summed E-state index contributed by atoms with van der Waals surface area (Å²) in [4.78, 5) is 32.5. The minimum Gasteiger partial charge on any atom is -0.381 e. The number of aliphatic hydroxyl groups excluding tert-OH is 1. The number of nitrogens with zero attached hydrogens (tertiary/aromatic N) is 1. The quantitative estimate of drug-likeness (QED) is 0.337. The molecule has 0 bridgehead atoms. The number of H-pyrrole nitrogens is 1. The summed E-state index contributed by atoms with van der Waals surface area (Å²) in [7, 11) is 0. The Bertz CT molecular complexity index is 1240. The van der Waals surface area contributed by atoms with E-state index in [1.807, 2.05) is 66.7 Å². The summed E-state index contributed by atoms with van der Waals surface area (Å²) in [5, 5.41) is 13.1. The molecule has 0 saturated heterocycles. The first-order valence-corrected chi connectivity index (χ1v) is 10.5. The molecule has 2 atom stereocenters. The maximum absolute atomic E-state index is 13.2. The zero-order valence-corrected chi connectivity index (χ0v) is 17.8. The topological polar surface area (TPSA) is 121 Å². The van der Waals surface area contributed by atoms with Gasteiger partial charge in [-0.05, 0) is 35.7 Å². The lowest BCUT2D eigenvalue weighted by Gasteiger charge is -2.22. The molecule has 0 aliphatic heterocycles. The summed E-state index contributed by atoms with van der Waals surface area (Å²) in [5.41, 5.74) is 9.65. The SMILES string of the molecule is NC(=O)C(O)C(Cc1ccccc1)NC(=O)c1cccnc1-c1c[nH]c(-c2ccccc2)c1. The zero-order valence-electron chi connectivity index (χ0n) is 17.8. The number of aliphatic hydroxyl groups is 1. The van der Waals surface area contributed by atoms with E-state index in [0.29, 0.717) is 11.3 Å². The van der Waals surface area contributed by atoms with Crippen LogP contribution in [-0.2, 0) is 11.2 Å². The van der Waals surface area contributed by atoms with Crippen molar-refractivity contribution in [3.8, 4) is 22.5 Å². The highest BCUT2D eigenvalue weighted by Gasteiger charge is 2.27. The lowest BCUT2D eigenvalue weighted by molar-refractivity contribution is -0.127. The van der Waals surface area contributed by atoms with Gasteiger partial charge in [0.1, 0.15) is 0 Å². The summed E-state index contributed by atoms with van der Waals surface area (Å²) < 4.78 is 0. The van der Waals surface area contributed by atoms with Crippen molar-refractivity contribution in [2.45, 2.75) is 18.6 Å². The van der Waals surface area contributed by atoms with Gasteiger partial charge in [0.15, 0.2) is 6.10 Å². The van der Waals surface area contributed by atoms with E-state index in [1.165, 1.54) is 0 Å². The van der Waals surface area contributed by atoms with Crippen LogP contribution < -0.4 is 11.1 Å². The van der Waals surface area contributed by atoms with Crippen molar-refractivity contribution in [2.24, 2.45) is 5.73 Å². The number of hydrogen-bond donors (Lipinski definition) is 4. The Morgan fingerprint density at radius 1 is 0.970 bits per heavy atom. The second kappa shape index (κ2) is 9.93. The molecule has 4 aromatic rings. The number of carbonyl (C=O) groups is 2. The molecule has 0 fully saturated rings. The third-order valence-corrected chi connectivity index (χ3v) is 5.38. The van der Waals surface area contributed by atoms with Crippen LogP contribution in [0.3, 0.4) is 0 Å². The molecule has 0 saturated carbocycles. The maximum atomic E-state index is 13.2. The van der Waals surface area contributed by atoms with E-state index in [0.717, 1.165) is 22.4 Å². The van der Waals surface area contributed by atoms with Gasteiger partial charge in [-0.15, -0.1) is 0 Å². The molecule has 7 heteroatoms. The normalized spacial score (nSPS) is 12.6. The first kappa shape index (κ1) is 22.0. The van der Waals surface area contributed by atoms with Crippen LogP contribution in [0.5, 0.6) is 0 Å². The fourth-order valence-electron chi connectivity index (χ4n) is 3.69. The molecule has 0 spiro atoms. The van der Waals surface area contributed by atoms with Gasteiger partial charge in [-0.3, -0.25) is 14.6 Å². The highest BCUT2D eigenvalue weighted by atomic mass is 16.3. The van der Waals surface area contributed by atoms with E-state index in [4.69, 9.17) is 5.73 Å². The standard InChI is InChI=1S/C26H24N4O3/c27-25(32)24(31)22(14-17-8-3-1-4-9-17)30-26(33)20-12-7-13-28-23(20)19-15-21(29-16-19)18-10-5-2-6-11-18/h1-13,15-16,22,24,29,31H,14H2,(H2,27,32)(H,30,33). The number of benzene rings is 2. The van der Waals surface area contributed by atoms with Gasteiger partial charge in [-0.25, -0.2) is 0 Å². The van der Waals surface area contributed by atoms with Crippen LogP contribution in [0.1, 0.15) is 15.9 Å². The Balaban J connectivity index is 1.61. The highest BCUT2D eigenvalue weighted by Crippen LogP contribution is 2.27. The molecule has 2 unspecified atom stereocenters. The molecule has 2 amide bonds. The fraction of sp³-hybridized carbons (Fsp3) is 0.115. The molecule has 0 aliphatic rings. The van der Waals surface area contributed by atoms with Gasteiger partial charge in [-0.2, -0.15) is 0 Å². The van der Waals surface area contributed by atoms with Crippen molar-refractivity contribution in [3.05, 3.63) is 102 Å². The van der Waals surface area contributed by atoms with Gasteiger partial charge in [0.25, 0.3) is 5.91 Å². The molecular formula is C26H24N4O3. The van der Waals surface area contributed by atoms with Crippen molar-refractivity contribution in [1.29, 1.82) is 0 Å². The first-order valence-electron chi connectivity index (χ1n) is 10.5. The Kier molecular flexibility index (Phi) is 6.61. The van der Waals surface area contributed by atoms with Crippen LogP contribution in [0.4, 0.5) is 0 Å². The van der Waals surface area contributed by atoms with Gasteiger partial charge in [-0.1, -0.05) is 60.7 Å². The van der Waals surface area contributed by atoms with Crippen molar-refractivity contribution < 1.29 is 14.7 Å². The zero-order chi connectivity index (χ0) is 23.2. The van der Waals surface area contributed by atoms with Crippen molar-refractivity contribution in [3.63, 3.8) is 0 Å². The highest BCUT2D eigenvalue weighted by molar-refractivity contribution is 6.00. The second-order valence-electron chi connectivity index (χ2n) is 7.68. The number of pyridine rings is 1. The Morgan fingerprint density at radius 2 is 1.67 bits per heavy atom. The number of carbonyl (C=O) groups excluding carboxylic acids is 2. The molecule has 2 aromatic carbocycles. The van der Waals surface area contributed by atoms with E-state index in [2.05, 4.69) is 15.3 Å². The molecule has 0 aliphatic carbocycles. The number of hydrogen-bond acceptors (Lipinski definition) is 4. The lowest BCUT2D eigenvalue weighted by atomic mass is 9.99. The number of rotatable bonds is 8. The molecule has 0 radical (unpaired) electrons. The van der Waals surface area contributed by atoms with Gasteiger partial charge in [0.05, 0.1) is 17.3 Å². The molecule has 2 aromatic heterocycles. The Hall–Kier alpha value is -4.23. The molecule has 5 N–H and O–H groups in total. The molecular weight excluding hydrogens is 416 g/mol. The summed E-state index contributed by atoms with van der Waals surface area (Å²) in [6.07, 6.45) is 2.11. The number of nitrogens with two attached hydrogens (primary N) is 1. The number of nitrogens with one attached hydrogen (secondary N) is 2. The number of amides is 2. The Labute approximate surface area is 191 Å². The number of aromatic amines is 1. The lowest BCUT2D eigenvalue weighted by Crippen LogP contribution is -2.50. The fourth-order valence-corrected chi connectivity index (χ4v) is 3.69. The van der Waals surface area contributed by atoms with Crippen LogP contribution in [0, 0.1) is 0 Å². The van der Waals surface area contributed by atoms with E-state index < -0.39 is 24.0 Å².